The van der Waals surface area contributed by atoms with Crippen LogP contribution in [0.25, 0.3) is 0 Å². The minimum Gasteiger partial charge on any atom is -0.380 e. The van der Waals surface area contributed by atoms with Crippen LogP contribution in [0.5, 0.6) is 0 Å². The molecule has 2 atom stereocenters. The quantitative estimate of drug-likeness (QED) is 0.893. The molecule has 0 spiro atoms. The highest BCUT2D eigenvalue weighted by Crippen LogP contribution is 2.29. The van der Waals surface area contributed by atoms with Crippen molar-refractivity contribution in [3.8, 4) is 0 Å². The minimum absolute atomic E-state index is 0.0317. The second kappa shape index (κ2) is 5.31. The van der Waals surface area contributed by atoms with Gasteiger partial charge in [0, 0.05) is 24.9 Å². The van der Waals surface area contributed by atoms with E-state index in [1.165, 1.54) is 0 Å². The summed E-state index contributed by atoms with van der Waals surface area (Å²) in [5, 5.41) is 7.94. The fourth-order valence-electron chi connectivity index (χ4n) is 2.43. The van der Waals surface area contributed by atoms with Crippen molar-refractivity contribution in [3.05, 3.63) is 12.4 Å². The molecule has 0 aromatic carbocycles. The Balaban J connectivity index is 1.96. The van der Waals surface area contributed by atoms with Gasteiger partial charge in [0.05, 0.1) is 17.5 Å². The van der Waals surface area contributed by atoms with Gasteiger partial charge >= 0.3 is 0 Å². The fourth-order valence-corrected chi connectivity index (χ4v) is 2.43. The maximum absolute atomic E-state index is 5.87. The van der Waals surface area contributed by atoms with Gasteiger partial charge in [-0.25, -0.2) is 0 Å². The Morgan fingerprint density at radius 3 is 3.00 bits per heavy atom. The van der Waals surface area contributed by atoms with E-state index in [1.807, 2.05) is 10.9 Å². The first-order valence-electron chi connectivity index (χ1n) is 6.97. The van der Waals surface area contributed by atoms with Crippen molar-refractivity contribution in [2.24, 2.45) is 0 Å². The van der Waals surface area contributed by atoms with Crippen LogP contribution in [-0.2, 0) is 4.74 Å². The summed E-state index contributed by atoms with van der Waals surface area (Å²) in [6.45, 7) is 9.52. The van der Waals surface area contributed by atoms with Crippen molar-refractivity contribution in [2.45, 2.75) is 64.6 Å². The fraction of sp³-hybridized carbons (Fsp3) is 0.786. The number of rotatable bonds is 4. The van der Waals surface area contributed by atoms with E-state index in [2.05, 4.69) is 44.3 Å². The van der Waals surface area contributed by atoms with E-state index in [0.717, 1.165) is 31.6 Å². The van der Waals surface area contributed by atoms with Crippen molar-refractivity contribution in [2.75, 3.05) is 11.9 Å². The monoisotopic (exact) mass is 251 g/mol. The predicted molar refractivity (Wildman–Crippen MR) is 73.9 cm³/mol. The van der Waals surface area contributed by atoms with Gasteiger partial charge in [0.2, 0.25) is 0 Å². The zero-order valence-corrected chi connectivity index (χ0v) is 11.9. The predicted octanol–water partition coefficient (Wildman–Crippen LogP) is 3.22. The maximum atomic E-state index is 5.87. The summed E-state index contributed by atoms with van der Waals surface area (Å²) in [6, 6.07) is 0.907. The van der Waals surface area contributed by atoms with E-state index in [-0.39, 0.29) is 5.60 Å². The van der Waals surface area contributed by atoms with Crippen LogP contribution in [0.3, 0.4) is 0 Å². The van der Waals surface area contributed by atoms with Crippen molar-refractivity contribution >= 4 is 5.69 Å². The van der Waals surface area contributed by atoms with E-state index in [0.29, 0.717) is 12.1 Å². The zero-order valence-electron chi connectivity index (χ0n) is 11.9. The second-order valence-electron chi connectivity index (χ2n) is 5.79. The molecule has 2 unspecified atom stereocenters. The number of hydrogen-bond acceptors (Lipinski definition) is 3. The van der Waals surface area contributed by atoms with E-state index in [9.17, 15) is 0 Å². The van der Waals surface area contributed by atoms with Crippen LogP contribution in [0, 0.1) is 0 Å². The van der Waals surface area contributed by atoms with Crippen LogP contribution in [0.15, 0.2) is 12.4 Å². The highest BCUT2D eigenvalue weighted by molar-refractivity contribution is 5.39. The first-order chi connectivity index (χ1) is 8.52. The second-order valence-corrected chi connectivity index (χ2v) is 5.79. The van der Waals surface area contributed by atoms with Gasteiger partial charge in [-0.05, 0) is 40.0 Å². The van der Waals surface area contributed by atoms with E-state index >= 15 is 0 Å². The Labute approximate surface area is 110 Å². The summed E-state index contributed by atoms with van der Waals surface area (Å²) in [5.41, 5.74) is 1.15. The molecule has 1 aromatic rings. The molecule has 1 fully saturated rings. The Morgan fingerprint density at radius 2 is 2.39 bits per heavy atom. The van der Waals surface area contributed by atoms with Crippen LogP contribution in [0.2, 0.25) is 0 Å². The van der Waals surface area contributed by atoms with Crippen LogP contribution in [-0.4, -0.2) is 28.0 Å². The third-order valence-electron chi connectivity index (χ3n) is 3.84. The molecule has 0 radical (unpaired) electrons. The van der Waals surface area contributed by atoms with Crippen molar-refractivity contribution < 1.29 is 4.74 Å². The van der Waals surface area contributed by atoms with Gasteiger partial charge in [-0.2, -0.15) is 5.10 Å². The van der Waals surface area contributed by atoms with Crippen molar-refractivity contribution in [1.29, 1.82) is 0 Å². The third kappa shape index (κ3) is 3.05. The lowest BCUT2D eigenvalue weighted by Crippen LogP contribution is -2.41. The average molecular weight is 251 g/mol. The highest BCUT2D eigenvalue weighted by Gasteiger charge is 2.31. The lowest BCUT2D eigenvalue weighted by atomic mass is 9.90. The van der Waals surface area contributed by atoms with Gasteiger partial charge in [0.25, 0.3) is 0 Å². The van der Waals surface area contributed by atoms with Crippen LogP contribution in [0.1, 0.15) is 53.0 Å². The molecule has 2 rings (SSSR count). The molecule has 0 amide bonds. The van der Waals surface area contributed by atoms with Gasteiger partial charge in [0.1, 0.15) is 0 Å². The number of nitrogens with zero attached hydrogens (tertiary/aromatic N) is 2. The summed E-state index contributed by atoms with van der Waals surface area (Å²) in [7, 11) is 0. The maximum Gasteiger partial charge on any atom is 0.0728 e. The number of nitrogens with one attached hydrogen (secondary N) is 1. The molecule has 1 aromatic heterocycles. The summed E-state index contributed by atoms with van der Waals surface area (Å²) >= 11 is 0. The minimum atomic E-state index is 0.0317. The average Bonchev–Trinajstić information content (AvgIpc) is 2.78. The summed E-state index contributed by atoms with van der Waals surface area (Å²) < 4.78 is 7.85. The van der Waals surface area contributed by atoms with Gasteiger partial charge < -0.3 is 10.1 Å². The van der Waals surface area contributed by atoms with E-state index < -0.39 is 0 Å². The van der Waals surface area contributed by atoms with E-state index in [4.69, 9.17) is 4.74 Å². The first kappa shape index (κ1) is 13.4. The van der Waals surface area contributed by atoms with Crippen LogP contribution >= 0.6 is 0 Å². The van der Waals surface area contributed by atoms with Crippen LogP contribution in [0.4, 0.5) is 5.69 Å². The Bertz CT molecular complexity index is 388. The summed E-state index contributed by atoms with van der Waals surface area (Å²) in [5.74, 6) is 0. The summed E-state index contributed by atoms with van der Waals surface area (Å²) in [6.07, 6.45) is 7.21. The molecule has 1 N–H and O–H groups in total. The largest absolute Gasteiger partial charge is 0.380 e. The van der Waals surface area contributed by atoms with Gasteiger partial charge in [-0.3, -0.25) is 4.68 Å². The van der Waals surface area contributed by atoms with Gasteiger partial charge in [0.15, 0.2) is 0 Å². The van der Waals surface area contributed by atoms with Crippen LogP contribution < -0.4 is 5.32 Å². The molecular formula is C14H25N3O. The molecule has 0 aliphatic carbocycles. The molecule has 0 saturated carbocycles. The molecule has 1 saturated heterocycles. The molecular weight excluding hydrogens is 226 g/mol. The van der Waals surface area contributed by atoms with Gasteiger partial charge in [-0.1, -0.05) is 6.92 Å². The molecule has 4 heteroatoms. The molecule has 0 bridgehead atoms. The molecule has 1 aliphatic heterocycles. The molecule has 2 heterocycles. The van der Waals surface area contributed by atoms with Crippen molar-refractivity contribution in [3.63, 3.8) is 0 Å². The Kier molecular flexibility index (Phi) is 3.95. The standard InChI is InChI=1S/C14H25N3O/c1-5-14(4)8-12(6-7-18-14)16-13-9-15-17(10-13)11(2)3/h9-12,16H,5-8H2,1-4H3. The number of hydrogen-bond donors (Lipinski definition) is 1. The summed E-state index contributed by atoms with van der Waals surface area (Å²) in [4.78, 5) is 0. The number of aromatic nitrogens is 2. The topological polar surface area (TPSA) is 39.1 Å². The molecule has 18 heavy (non-hydrogen) atoms. The van der Waals surface area contributed by atoms with Gasteiger partial charge in [-0.15, -0.1) is 0 Å². The zero-order chi connectivity index (χ0) is 13.2. The Hall–Kier alpha value is -1.03. The normalized spacial score (nSPS) is 28.6. The molecule has 4 nitrogen and oxygen atoms in total. The third-order valence-corrected chi connectivity index (χ3v) is 3.84. The first-order valence-corrected chi connectivity index (χ1v) is 6.97. The highest BCUT2D eigenvalue weighted by atomic mass is 16.5. The SMILES string of the molecule is CCC1(C)CC(Nc2cnn(C(C)C)c2)CCO1. The number of anilines is 1. The smallest absolute Gasteiger partial charge is 0.0728 e. The lowest BCUT2D eigenvalue weighted by molar-refractivity contribution is -0.0708. The van der Waals surface area contributed by atoms with E-state index in [1.54, 1.807) is 0 Å². The molecule has 1 aliphatic rings. The Morgan fingerprint density at radius 1 is 1.61 bits per heavy atom. The lowest BCUT2D eigenvalue weighted by Gasteiger charge is -2.38. The van der Waals surface area contributed by atoms with Crippen molar-refractivity contribution in [1.82, 2.24) is 9.78 Å². The molecule has 102 valence electrons. The number of ether oxygens (including phenoxy) is 1.